The molecule has 3 atom stereocenters. The molecule has 0 saturated heterocycles. The zero-order valence-electron chi connectivity index (χ0n) is 31.1. The molecule has 0 aliphatic heterocycles. The summed E-state index contributed by atoms with van der Waals surface area (Å²) >= 11 is 0. The SMILES string of the molecule is CCCCCCCCCCCCCCCC(=O)O[C@@H](COC(=O)CCCCCCCCCCCCCC)COP(=O)(O)OC[C@@H](N)C(=O)O. The molecule has 0 aliphatic rings. The first-order valence-electron chi connectivity index (χ1n) is 19.6. The molecule has 49 heavy (non-hydrogen) atoms. The Bertz CT molecular complexity index is 859. The molecule has 1 unspecified atom stereocenters. The van der Waals surface area contributed by atoms with Crippen LogP contribution >= 0.6 is 7.82 Å². The Morgan fingerprint density at radius 1 is 0.551 bits per heavy atom. The average Bonchev–Trinajstić information content (AvgIpc) is 3.07. The second-order valence-electron chi connectivity index (χ2n) is 13.4. The van der Waals surface area contributed by atoms with Crippen LogP contribution < -0.4 is 5.73 Å². The number of rotatable bonds is 37. The maximum Gasteiger partial charge on any atom is 0.472 e. The number of phosphoric ester groups is 1. The monoisotopic (exact) mass is 721 g/mol. The van der Waals surface area contributed by atoms with Gasteiger partial charge in [0.1, 0.15) is 12.6 Å². The van der Waals surface area contributed by atoms with Crippen LogP contribution in [0.5, 0.6) is 0 Å². The molecule has 0 aromatic heterocycles. The lowest BCUT2D eigenvalue weighted by atomic mass is 10.0. The van der Waals surface area contributed by atoms with Crippen LogP contribution in [0.1, 0.15) is 187 Å². The average molecular weight is 722 g/mol. The number of hydrogen-bond acceptors (Lipinski definition) is 9. The normalized spacial score (nSPS) is 13.9. The minimum absolute atomic E-state index is 0.168. The predicted octanol–water partition coefficient (Wildman–Crippen LogP) is 9.56. The van der Waals surface area contributed by atoms with Gasteiger partial charge in [0.05, 0.1) is 13.2 Å². The Morgan fingerprint density at radius 3 is 1.29 bits per heavy atom. The second-order valence-corrected chi connectivity index (χ2v) is 14.9. The summed E-state index contributed by atoms with van der Waals surface area (Å²) < 4.78 is 32.6. The summed E-state index contributed by atoms with van der Waals surface area (Å²) in [6.45, 7) is 2.80. The molecule has 0 spiro atoms. The van der Waals surface area contributed by atoms with Crippen molar-refractivity contribution in [3.63, 3.8) is 0 Å². The zero-order valence-corrected chi connectivity index (χ0v) is 31.9. The molecule has 0 amide bonds. The van der Waals surface area contributed by atoms with Crippen LogP contribution in [0.3, 0.4) is 0 Å². The van der Waals surface area contributed by atoms with Gasteiger partial charge >= 0.3 is 25.7 Å². The van der Waals surface area contributed by atoms with E-state index in [1.54, 1.807) is 0 Å². The fourth-order valence-electron chi connectivity index (χ4n) is 5.48. The summed E-state index contributed by atoms with van der Waals surface area (Å²) in [6.07, 6.45) is 28.8. The quantitative estimate of drug-likeness (QED) is 0.0317. The Hall–Kier alpha value is -1.52. The molecule has 0 saturated carbocycles. The van der Waals surface area contributed by atoms with Gasteiger partial charge in [-0.2, -0.15) is 0 Å². The van der Waals surface area contributed by atoms with Crippen molar-refractivity contribution in [1.82, 2.24) is 0 Å². The van der Waals surface area contributed by atoms with E-state index in [4.69, 9.17) is 24.8 Å². The number of unbranched alkanes of at least 4 members (excludes halogenated alkanes) is 23. The van der Waals surface area contributed by atoms with Gasteiger partial charge in [-0.3, -0.25) is 23.4 Å². The number of esters is 2. The maximum absolute atomic E-state index is 12.5. The van der Waals surface area contributed by atoms with Crippen molar-refractivity contribution in [3.05, 3.63) is 0 Å². The number of phosphoric acid groups is 1. The van der Waals surface area contributed by atoms with Crippen molar-refractivity contribution < 1.29 is 47.5 Å². The van der Waals surface area contributed by atoms with Crippen molar-refractivity contribution in [2.45, 2.75) is 199 Å². The van der Waals surface area contributed by atoms with Crippen LogP contribution in [-0.4, -0.2) is 59.9 Å². The number of nitrogens with two attached hydrogens (primary N) is 1. The van der Waals surface area contributed by atoms with Crippen molar-refractivity contribution in [1.29, 1.82) is 0 Å². The highest BCUT2D eigenvalue weighted by atomic mass is 31.2. The van der Waals surface area contributed by atoms with Gasteiger partial charge in [0.25, 0.3) is 0 Å². The van der Waals surface area contributed by atoms with Crippen LogP contribution in [0.15, 0.2) is 0 Å². The number of carboxylic acid groups (broad SMARTS) is 1. The fourth-order valence-corrected chi connectivity index (χ4v) is 6.26. The molecule has 0 aromatic rings. The van der Waals surface area contributed by atoms with Crippen LogP contribution in [0.4, 0.5) is 0 Å². The van der Waals surface area contributed by atoms with Crippen LogP contribution in [0.25, 0.3) is 0 Å². The van der Waals surface area contributed by atoms with Gasteiger partial charge in [-0.15, -0.1) is 0 Å². The van der Waals surface area contributed by atoms with Gasteiger partial charge in [-0.1, -0.05) is 162 Å². The molecule has 290 valence electrons. The van der Waals surface area contributed by atoms with E-state index in [-0.39, 0.29) is 19.4 Å². The van der Waals surface area contributed by atoms with Crippen molar-refractivity contribution in [2.24, 2.45) is 5.73 Å². The minimum atomic E-state index is -4.70. The van der Waals surface area contributed by atoms with Crippen LogP contribution in [0, 0.1) is 0 Å². The third-order valence-electron chi connectivity index (χ3n) is 8.61. The van der Waals surface area contributed by atoms with E-state index in [1.807, 2.05) is 0 Å². The molecule has 0 radical (unpaired) electrons. The highest BCUT2D eigenvalue weighted by Crippen LogP contribution is 2.43. The van der Waals surface area contributed by atoms with E-state index in [1.165, 1.54) is 109 Å². The van der Waals surface area contributed by atoms with E-state index >= 15 is 0 Å². The molecule has 12 heteroatoms. The number of carbonyl (C=O) groups excluding carboxylic acids is 2. The Balaban J connectivity index is 4.40. The smallest absolute Gasteiger partial charge is 0.472 e. The summed E-state index contributed by atoms with van der Waals surface area (Å²) in [4.78, 5) is 45.7. The molecular formula is C37H72NO10P. The summed E-state index contributed by atoms with van der Waals surface area (Å²) in [5.41, 5.74) is 5.31. The third-order valence-corrected chi connectivity index (χ3v) is 9.56. The number of carboxylic acids is 1. The summed E-state index contributed by atoms with van der Waals surface area (Å²) in [7, 11) is -4.70. The fraction of sp³-hybridized carbons (Fsp3) is 0.919. The van der Waals surface area contributed by atoms with Gasteiger partial charge in [0.2, 0.25) is 0 Å². The molecule has 0 rings (SSSR count). The lowest BCUT2D eigenvalue weighted by molar-refractivity contribution is -0.161. The Morgan fingerprint density at radius 2 is 0.898 bits per heavy atom. The van der Waals surface area contributed by atoms with E-state index < -0.39 is 51.1 Å². The van der Waals surface area contributed by atoms with Crippen LogP contribution in [0.2, 0.25) is 0 Å². The highest BCUT2D eigenvalue weighted by molar-refractivity contribution is 7.47. The number of carbonyl (C=O) groups is 3. The summed E-state index contributed by atoms with van der Waals surface area (Å²) in [5, 5.41) is 8.85. The molecule has 0 heterocycles. The highest BCUT2D eigenvalue weighted by Gasteiger charge is 2.28. The first-order chi connectivity index (χ1) is 23.6. The van der Waals surface area contributed by atoms with Crippen molar-refractivity contribution >= 4 is 25.7 Å². The predicted molar refractivity (Wildman–Crippen MR) is 194 cm³/mol. The Kier molecular flexibility index (Phi) is 32.6. The molecule has 4 N–H and O–H groups in total. The summed E-state index contributed by atoms with van der Waals surface area (Å²) in [6, 6.07) is -1.51. The van der Waals surface area contributed by atoms with E-state index in [9.17, 15) is 23.8 Å². The number of aliphatic carboxylic acids is 1. The van der Waals surface area contributed by atoms with Crippen molar-refractivity contribution in [2.75, 3.05) is 19.8 Å². The standard InChI is InChI=1S/C37H72NO10P/c1-3-5-7-9-11-13-15-17-19-21-23-25-27-29-36(40)48-33(31-46-49(43,44)47-32-34(38)37(41)42)30-45-35(39)28-26-24-22-20-18-16-14-12-10-8-6-4-2/h33-34H,3-32,38H2,1-2H3,(H,41,42)(H,43,44)/t33-,34+/m0/s1. The molecule has 11 nitrogen and oxygen atoms in total. The lowest BCUT2D eigenvalue weighted by Gasteiger charge is -2.20. The van der Waals surface area contributed by atoms with Gasteiger partial charge in [0, 0.05) is 12.8 Å². The lowest BCUT2D eigenvalue weighted by Crippen LogP contribution is -2.34. The maximum atomic E-state index is 12.5. The zero-order chi connectivity index (χ0) is 36.4. The van der Waals surface area contributed by atoms with Crippen LogP contribution in [-0.2, 0) is 37.5 Å². The Labute approximate surface area is 297 Å². The first-order valence-corrected chi connectivity index (χ1v) is 21.1. The topological polar surface area (TPSA) is 172 Å². The summed E-state index contributed by atoms with van der Waals surface area (Å²) in [5.74, 6) is -2.36. The second kappa shape index (κ2) is 33.6. The molecule has 0 fully saturated rings. The van der Waals surface area contributed by atoms with Gasteiger partial charge < -0.3 is 25.2 Å². The van der Waals surface area contributed by atoms with E-state index in [2.05, 4.69) is 18.4 Å². The van der Waals surface area contributed by atoms with E-state index in [0.717, 1.165) is 38.5 Å². The van der Waals surface area contributed by atoms with Gasteiger partial charge in [0.15, 0.2) is 6.10 Å². The molecule has 0 bridgehead atoms. The number of ether oxygens (including phenoxy) is 2. The number of hydrogen-bond donors (Lipinski definition) is 3. The molecular weight excluding hydrogens is 649 g/mol. The van der Waals surface area contributed by atoms with Gasteiger partial charge in [-0.25, -0.2) is 4.57 Å². The minimum Gasteiger partial charge on any atom is -0.480 e. The molecule has 0 aliphatic carbocycles. The van der Waals surface area contributed by atoms with Gasteiger partial charge in [-0.05, 0) is 12.8 Å². The third kappa shape index (κ3) is 33.4. The largest absolute Gasteiger partial charge is 0.480 e. The first kappa shape index (κ1) is 47.5. The van der Waals surface area contributed by atoms with E-state index in [0.29, 0.717) is 12.8 Å². The molecule has 0 aromatic carbocycles. The van der Waals surface area contributed by atoms with Crippen molar-refractivity contribution in [3.8, 4) is 0 Å².